The highest BCUT2D eigenvalue weighted by Gasteiger charge is 2.29. The first kappa shape index (κ1) is 22.7. The number of carbonyl (C=O) groups excluding carboxylic acids is 2. The first-order chi connectivity index (χ1) is 16.0. The predicted octanol–water partition coefficient (Wildman–Crippen LogP) is 5.33. The summed E-state index contributed by atoms with van der Waals surface area (Å²) in [6, 6.07) is 13.3. The van der Waals surface area contributed by atoms with Crippen LogP contribution in [0, 0.1) is 5.82 Å². The third kappa shape index (κ3) is 5.66. The number of Topliss-reactive ketones (excluding diaryl/α,β-unsaturated/α-hetero) is 1. The molecule has 1 aliphatic heterocycles. The summed E-state index contributed by atoms with van der Waals surface area (Å²) in [5.41, 5.74) is 2.08. The van der Waals surface area contributed by atoms with Crippen molar-refractivity contribution in [2.45, 2.75) is 45.1 Å². The van der Waals surface area contributed by atoms with E-state index in [1.807, 2.05) is 17.0 Å². The lowest BCUT2D eigenvalue weighted by Gasteiger charge is -2.34. The number of hydrogen-bond acceptors (Lipinski definition) is 4. The van der Waals surface area contributed by atoms with Crippen LogP contribution >= 0.6 is 0 Å². The topological polar surface area (TPSA) is 75.3 Å². The van der Waals surface area contributed by atoms with Crippen LogP contribution in [0.15, 0.2) is 54.7 Å². The number of carbonyl (C=O) groups is 2. The quantitative estimate of drug-likeness (QED) is 0.373. The molecule has 1 atom stereocenters. The van der Waals surface area contributed by atoms with Crippen LogP contribution in [0.3, 0.4) is 0 Å². The Morgan fingerprint density at radius 3 is 2.85 bits per heavy atom. The molecule has 0 bridgehead atoms. The summed E-state index contributed by atoms with van der Waals surface area (Å²) in [7, 11) is 0. The molecule has 1 unspecified atom stereocenters. The van der Waals surface area contributed by atoms with E-state index >= 15 is 0 Å². The summed E-state index contributed by atoms with van der Waals surface area (Å²) >= 11 is 0. The van der Waals surface area contributed by atoms with Gasteiger partial charge >= 0.3 is 0 Å². The van der Waals surface area contributed by atoms with Crippen molar-refractivity contribution >= 4 is 11.7 Å². The van der Waals surface area contributed by atoms with Gasteiger partial charge in [0.15, 0.2) is 5.78 Å². The lowest BCUT2D eigenvalue weighted by molar-refractivity contribution is -0.135. The number of benzene rings is 2. The van der Waals surface area contributed by atoms with Gasteiger partial charge in [0, 0.05) is 24.1 Å². The zero-order chi connectivity index (χ0) is 23.2. The molecular formula is C26H28FN3O3. The van der Waals surface area contributed by atoms with E-state index in [0.29, 0.717) is 37.3 Å². The maximum Gasteiger partial charge on any atom is 0.223 e. The molecule has 1 aromatic heterocycles. The van der Waals surface area contributed by atoms with Gasteiger partial charge in [0.05, 0.1) is 24.5 Å². The van der Waals surface area contributed by atoms with Crippen molar-refractivity contribution in [1.29, 1.82) is 0 Å². The minimum atomic E-state index is -0.298. The van der Waals surface area contributed by atoms with E-state index in [9.17, 15) is 14.0 Å². The van der Waals surface area contributed by atoms with Crippen LogP contribution in [0.2, 0.25) is 0 Å². The monoisotopic (exact) mass is 449 g/mol. The van der Waals surface area contributed by atoms with E-state index in [2.05, 4.69) is 9.97 Å². The molecule has 0 aliphatic carbocycles. The standard InChI is InChI=1S/C26H28FN3O3/c1-18(31)19-7-5-10-22(16-19)33-14-6-12-25(32)30-13-3-2-11-24(30)26-28-17-23(29-26)20-8-4-9-21(27)15-20/h4-5,7-10,15-17,24H,2-3,6,11-14H2,1H3,(H,28,29). The SMILES string of the molecule is CC(=O)c1cccc(OCCCC(=O)N2CCCCC2c2ncc(-c3cccc(F)c3)[nH]2)c1. The number of hydrogen-bond donors (Lipinski definition) is 1. The maximum atomic E-state index is 13.6. The fraction of sp³-hybridized carbons (Fsp3) is 0.346. The average molecular weight is 450 g/mol. The number of ether oxygens (including phenoxy) is 1. The number of rotatable bonds is 8. The Bertz CT molecular complexity index is 1130. The van der Waals surface area contributed by atoms with Crippen molar-refractivity contribution in [3.63, 3.8) is 0 Å². The largest absolute Gasteiger partial charge is 0.494 e. The third-order valence-corrected chi connectivity index (χ3v) is 5.91. The normalized spacial score (nSPS) is 15.9. The molecule has 6 nitrogen and oxygen atoms in total. The number of imidazole rings is 1. The smallest absolute Gasteiger partial charge is 0.223 e. The summed E-state index contributed by atoms with van der Waals surface area (Å²) in [5.74, 6) is 1.13. The minimum Gasteiger partial charge on any atom is -0.494 e. The molecule has 33 heavy (non-hydrogen) atoms. The molecule has 2 heterocycles. The van der Waals surface area contributed by atoms with Crippen LogP contribution in [0.1, 0.15) is 61.3 Å². The number of nitrogens with one attached hydrogen (secondary N) is 1. The zero-order valence-electron chi connectivity index (χ0n) is 18.7. The first-order valence-corrected chi connectivity index (χ1v) is 11.4. The van der Waals surface area contributed by atoms with Crippen molar-refractivity contribution in [2.24, 2.45) is 0 Å². The second kappa shape index (κ2) is 10.4. The van der Waals surface area contributed by atoms with Crippen LogP contribution in [0.4, 0.5) is 4.39 Å². The van der Waals surface area contributed by atoms with Gasteiger partial charge in [0.1, 0.15) is 17.4 Å². The molecule has 1 saturated heterocycles. The molecule has 0 saturated carbocycles. The number of aromatic nitrogens is 2. The summed E-state index contributed by atoms with van der Waals surface area (Å²) in [5, 5.41) is 0. The Hall–Kier alpha value is -3.48. The Kier molecular flexibility index (Phi) is 7.17. The summed E-state index contributed by atoms with van der Waals surface area (Å²) in [6.45, 7) is 2.62. The van der Waals surface area contributed by atoms with Gasteiger partial charge in [-0.15, -0.1) is 0 Å². The zero-order valence-corrected chi connectivity index (χ0v) is 18.7. The molecule has 1 fully saturated rings. The second-order valence-electron chi connectivity index (χ2n) is 8.33. The fourth-order valence-electron chi connectivity index (χ4n) is 4.18. The molecule has 4 rings (SSSR count). The number of halogens is 1. The molecule has 1 N–H and O–H groups in total. The number of nitrogens with zero attached hydrogens (tertiary/aromatic N) is 2. The van der Waals surface area contributed by atoms with Gasteiger partial charge in [-0.05, 0) is 56.9 Å². The summed E-state index contributed by atoms with van der Waals surface area (Å²) in [6.07, 6.45) is 5.49. The van der Waals surface area contributed by atoms with E-state index in [0.717, 1.165) is 36.3 Å². The Balaban J connectivity index is 1.35. The Morgan fingerprint density at radius 2 is 2.03 bits per heavy atom. The van der Waals surface area contributed by atoms with E-state index < -0.39 is 0 Å². The highest BCUT2D eigenvalue weighted by atomic mass is 19.1. The lowest BCUT2D eigenvalue weighted by atomic mass is 10.0. The van der Waals surface area contributed by atoms with Crippen molar-refractivity contribution in [3.05, 3.63) is 71.9 Å². The van der Waals surface area contributed by atoms with Crippen LogP contribution in [-0.2, 0) is 4.79 Å². The molecule has 7 heteroatoms. The molecule has 0 spiro atoms. The summed E-state index contributed by atoms with van der Waals surface area (Å²) < 4.78 is 19.3. The van der Waals surface area contributed by atoms with Crippen molar-refractivity contribution in [3.8, 4) is 17.0 Å². The average Bonchev–Trinajstić information content (AvgIpc) is 3.32. The Labute approximate surface area is 192 Å². The fourth-order valence-corrected chi connectivity index (χ4v) is 4.18. The van der Waals surface area contributed by atoms with E-state index in [-0.39, 0.29) is 23.5 Å². The van der Waals surface area contributed by atoms with Crippen LogP contribution in [0.25, 0.3) is 11.3 Å². The van der Waals surface area contributed by atoms with Gasteiger partial charge in [-0.2, -0.15) is 0 Å². The predicted molar refractivity (Wildman–Crippen MR) is 123 cm³/mol. The van der Waals surface area contributed by atoms with Gasteiger partial charge in [-0.25, -0.2) is 9.37 Å². The van der Waals surface area contributed by atoms with Gasteiger partial charge in [0.2, 0.25) is 5.91 Å². The summed E-state index contributed by atoms with van der Waals surface area (Å²) in [4.78, 5) is 34.2. The number of aromatic amines is 1. The number of piperidine rings is 1. The number of ketones is 1. The number of likely N-dealkylation sites (tertiary alicyclic amines) is 1. The van der Waals surface area contributed by atoms with Crippen LogP contribution < -0.4 is 4.74 Å². The second-order valence-corrected chi connectivity index (χ2v) is 8.33. The van der Waals surface area contributed by atoms with Crippen LogP contribution in [-0.4, -0.2) is 39.7 Å². The molecule has 1 aliphatic rings. The van der Waals surface area contributed by atoms with Gasteiger partial charge in [0.25, 0.3) is 0 Å². The highest BCUT2D eigenvalue weighted by molar-refractivity contribution is 5.94. The first-order valence-electron chi connectivity index (χ1n) is 11.4. The molecule has 172 valence electrons. The van der Waals surface area contributed by atoms with Crippen LogP contribution in [0.5, 0.6) is 5.75 Å². The number of H-pyrrole nitrogens is 1. The minimum absolute atomic E-state index is 0.00903. The molecule has 2 aromatic carbocycles. The third-order valence-electron chi connectivity index (χ3n) is 5.91. The molecular weight excluding hydrogens is 421 g/mol. The van der Waals surface area contributed by atoms with Gasteiger partial charge < -0.3 is 14.6 Å². The van der Waals surface area contributed by atoms with Crippen molar-refractivity contribution < 1.29 is 18.7 Å². The van der Waals surface area contributed by atoms with Crippen molar-refractivity contribution in [2.75, 3.05) is 13.2 Å². The van der Waals surface area contributed by atoms with Gasteiger partial charge in [-0.1, -0.05) is 24.3 Å². The molecule has 3 aromatic rings. The van der Waals surface area contributed by atoms with E-state index in [1.54, 1.807) is 30.5 Å². The number of amides is 1. The van der Waals surface area contributed by atoms with Gasteiger partial charge in [-0.3, -0.25) is 9.59 Å². The highest BCUT2D eigenvalue weighted by Crippen LogP contribution is 2.31. The lowest BCUT2D eigenvalue weighted by Crippen LogP contribution is -2.39. The Morgan fingerprint density at radius 1 is 1.18 bits per heavy atom. The molecule has 0 radical (unpaired) electrons. The van der Waals surface area contributed by atoms with E-state index in [4.69, 9.17) is 4.74 Å². The molecule has 1 amide bonds. The van der Waals surface area contributed by atoms with Crippen molar-refractivity contribution in [1.82, 2.24) is 14.9 Å². The van der Waals surface area contributed by atoms with E-state index in [1.165, 1.54) is 19.1 Å². The maximum absolute atomic E-state index is 13.6.